The smallest absolute Gasteiger partial charge is 0.125 e. The molecule has 3 heteroatoms. The van der Waals surface area contributed by atoms with Gasteiger partial charge in [-0.25, -0.2) is 0 Å². The second-order valence-corrected chi connectivity index (χ2v) is 4.39. The maximum absolute atomic E-state index is 5.79. The van der Waals surface area contributed by atoms with E-state index in [1.54, 1.807) is 7.11 Å². The monoisotopic (exact) mass is 245 g/mol. The molecule has 0 bridgehead atoms. The molecule has 3 nitrogen and oxygen atoms in total. The maximum Gasteiger partial charge on any atom is 0.125 e. The first kappa shape index (κ1) is 12.7. The van der Waals surface area contributed by atoms with Gasteiger partial charge in [-0.1, -0.05) is 12.1 Å². The molecule has 0 aliphatic rings. The van der Waals surface area contributed by atoms with E-state index >= 15 is 0 Å². The fourth-order valence-corrected chi connectivity index (χ4v) is 2.04. The first-order valence-corrected chi connectivity index (χ1v) is 6.04. The van der Waals surface area contributed by atoms with Gasteiger partial charge in [0.15, 0.2) is 0 Å². The summed E-state index contributed by atoms with van der Waals surface area (Å²) in [6.45, 7) is 4.04. The lowest BCUT2D eigenvalue weighted by molar-refractivity contribution is 0.411. The molecule has 0 aliphatic heterocycles. The largest absolute Gasteiger partial charge is 0.497 e. The molecule has 2 aromatic rings. The van der Waals surface area contributed by atoms with Gasteiger partial charge < -0.3 is 14.5 Å². The van der Waals surface area contributed by atoms with Crippen LogP contribution in [-0.4, -0.2) is 14.2 Å². The average Bonchev–Trinajstić information content (AvgIpc) is 2.70. The van der Waals surface area contributed by atoms with E-state index in [2.05, 4.69) is 24.4 Å². The molecule has 0 aliphatic carbocycles. The highest BCUT2D eigenvalue weighted by atomic mass is 16.5. The molecule has 1 heterocycles. The zero-order valence-electron chi connectivity index (χ0n) is 11.3. The van der Waals surface area contributed by atoms with Crippen LogP contribution < -0.4 is 10.1 Å². The minimum Gasteiger partial charge on any atom is -0.497 e. The summed E-state index contributed by atoms with van der Waals surface area (Å²) >= 11 is 0. The normalized spacial score (nSPS) is 12.4. The molecule has 18 heavy (non-hydrogen) atoms. The van der Waals surface area contributed by atoms with Gasteiger partial charge in [0.05, 0.1) is 13.2 Å². The van der Waals surface area contributed by atoms with Gasteiger partial charge in [-0.3, -0.25) is 0 Å². The summed E-state index contributed by atoms with van der Waals surface area (Å²) in [4.78, 5) is 0. The molecule has 0 saturated carbocycles. The minimum atomic E-state index is 0.0486. The Balaban J connectivity index is 2.38. The minimum absolute atomic E-state index is 0.0486. The predicted molar refractivity (Wildman–Crippen MR) is 72.1 cm³/mol. The van der Waals surface area contributed by atoms with E-state index in [4.69, 9.17) is 9.15 Å². The molecule has 1 aromatic heterocycles. The fourth-order valence-electron chi connectivity index (χ4n) is 2.04. The Morgan fingerprint density at radius 3 is 2.56 bits per heavy atom. The van der Waals surface area contributed by atoms with Gasteiger partial charge in [-0.05, 0) is 50.2 Å². The van der Waals surface area contributed by atoms with Crippen molar-refractivity contribution in [3.05, 3.63) is 53.0 Å². The van der Waals surface area contributed by atoms with Crippen LogP contribution in [0.1, 0.15) is 28.7 Å². The van der Waals surface area contributed by atoms with Crippen molar-refractivity contribution in [3.8, 4) is 5.75 Å². The van der Waals surface area contributed by atoms with Crippen LogP contribution >= 0.6 is 0 Å². The number of ether oxygens (including phenoxy) is 1. The molecular weight excluding hydrogens is 226 g/mol. The first-order chi connectivity index (χ1) is 8.65. The van der Waals surface area contributed by atoms with Crippen LogP contribution in [-0.2, 0) is 0 Å². The van der Waals surface area contributed by atoms with Crippen molar-refractivity contribution in [1.82, 2.24) is 5.32 Å². The van der Waals surface area contributed by atoms with E-state index in [-0.39, 0.29) is 6.04 Å². The van der Waals surface area contributed by atoms with Gasteiger partial charge in [0.2, 0.25) is 0 Å². The Kier molecular flexibility index (Phi) is 3.72. The van der Waals surface area contributed by atoms with Gasteiger partial charge in [-0.2, -0.15) is 0 Å². The van der Waals surface area contributed by atoms with Gasteiger partial charge in [0, 0.05) is 0 Å². The molecule has 1 N–H and O–H groups in total. The maximum atomic E-state index is 5.79. The van der Waals surface area contributed by atoms with E-state index in [0.29, 0.717) is 0 Å². The Labute approximate surface area is 108 Å². The van der Waals surface area contributed by atoms with Gasteiger partial charge in [-0.15, -0.1) is 0 Å². The summed E-state index contributed by atoms with van der Waals surface area (Å²) in [5.41, 5.74) is 2.30. The number of hydrogen-bond donors (Lipinski definition) is 1. The van der Waals surface area contributed by atoms with Crippen LogP contribution in [0.25, 0.3) is 0 Å². The highest BCUT2D eigenvalue weighted by Crippen LogP contribution is 2.27. The van der Waals surface area contributed by atoms with Crippen molar-refractivity contribution in [2.45, 2.75) is 19.9 Å². The molecule has 1 atom stereocenters. The van der Waals surface area contributed by atoms with Crippen LogP contribution in [0.4, 0.5) is 0 Å². The lowest BCUT2D eigenvalue weighted by Gasteiger charge is -2.15. The van der Waals surface area contributed by atoms with Crippen LogP contribution in [0.3, 0.4) is 0 Å². The molecule has 0 radical (unpaired) electrons. The molecule has 0 fully saturated rings. The second kappa shape index (κ2) is 5.27. The molecule has 0 saturated heterocycles. The van der Waals surface area contributed by atoms with Crippen LogP contribution in [0, 0.1) is 13.8 Å². The molecule has 0 amide bonds. The van der Waals surface area contributed by atoms with Crippen LogP contribution in [0.2, 0.25) is 0 Å². The molecular formula is C15H19NO2. The van der Waals surface area contributed by atoms with E-state index < -0.39 is 0 Å². The standard InChI is InChI=1S/C15H19NO2/c1-10-8-14(18-11(10)2)15(16-3)12-6-5-7-13(9-12)17-4/h5-9,15-16H,1-4H3. The third-order valence-electron chi connectivity index (χ3n) is 3.19. The molecule has 2 rings (SSSR count). The van der Waals surface area contributed by atoms with E-state index in [1.165, 1.54) is 5.56 Å². The predicted octanol–water partition coefficient (Wildman–Crippen LogP) is 3.21. The van der Waals surface area contributed by atoms with Crippen molar-refractivity contribution in [1.29, 1.82) is 0 Å². The van der Waals surface area contributed by atoms with Gasteiger partial charge in [0.1, 0.15) is 17.3 Å². The summed E-state index contributed by atoms with van der Waals surface area (Å²) in [5, 5.41) is 3.28. The topological polar surface area (TPSA) is 34.4 Å². The van der Waals surface area contributed by atoms with Crippen molar-refractivity contribution < 1.29 is 9.15 Å². The third kappa shape index (κ3) is 2.41. The number of rotatable bonds is 4. The van der Waals surface area contributed by atoms with Crippen molar-refractivity contribution in [2.24, 2.45) is 0 Å². The van der Waals surface area contributed by atoms with E-state index in [0.717, 1.165) is 22.8 Å². The zero-order valence-corrected chi connectivity index (χ0v) is 11.3. The van der Waals surface area contributed by atoms with E-state index in [9.17, 15) is 0 Å². The summed E-state index contributed by atoms with van der Waals surface area (Å²) in [5.74, 6) is 2.75. The number of methoxy groups -OCH3 is 1. The zero-order chi connectivity index (χ0) is 13.1. The summed E-state index contributed by atoms with van der Waals surface area (Å²) in [6.07, 6.45) is 0. The highest BCUT2D eigenvalue weighted by molar-refractivity contribution is 5.35. The summed E-state index contributed by atoms with van der Waals surface area (Å²) in [6, 6.07) is 10.1. The van der Waals surface area contributed by atoms with Gasteiger partial charge in [0.25, 0.3) is 0 Å². The molecule has 96 valence electrons. The number of benzene rings is 1. The highest BCUT2D eigenvalue weighted by Gasteiger charge is 2.17. The SMILES string of the molecule is CNC(c1cccc(OC)c1)c1cc(C)c(C)o1. The lowest BCUT2D eigenvalue weighted by Crippen LogP contribution is -2.17. The van der Waals surface area contributed by atoms with Crippen molar-refractivity contribution in [2.75, 3.05) is 14.2 Å². The van der Waals surface area contributed by atoms with Crippen LogP contribution in [0.15, 0.2) is 34.7 Å². The molecule has 1 aromatic carbocycles. The number of aryl methyl sites for hydroxylation is 2. The fraction of sp³-hybridized carbons (Fsp3) is 0.333. The Bertz CT molecular complexity index is 512. The number of furan rings is 1. The number of hydrogen-bond acceptors (Lipinski definition) is 3. The van der Waals surface area contributed by atoms with Gasteiger partial charge >= 0.3 is 0 Å². The summed E-state index contributed by atoms with van der Waals surface area (Å²) < 4.78 is 11.0. The van der Waals surface area contributed by atoms with Crippen molar-refractivity contribution >= 4 is 0 Å². The Morgan fingerprint density at radius 2 is 2.00 bits per heavy atom. The number of nitrogens with one attached hydrogen (secondary N) is 1. The first-order valence-electron chi connectivity index (χ1n) is 6.04. The lowest BCUT2D eigenvalue weighted by atomic mass is 10.0. The second-order valence-electron chi connectivity index (χ2n) is 4.39. The van der Waals surface area contributed by atoms with Crippen LogP contribution in [0.5, 0.6) is 5.75 Å². The molecule has 1 unspecified atom stereocenters. The third-order valence-corrected chi connectivity index (χ3v) is 3.19. The van der Waals surface area contributed by atoms with E-state index in [1.807, 2.05) is 32.2 Å². The average molecular weight is 245 g/mol. The Hall–Kier alpha value is -1.74. The molecule has 0 spiro atoms. The van der Waals surface area contributed by atoms with Crippen molar-refractivity contribution in [3.63, 3.8) is 0 Å². The summed E-state index contributed by atoms with van der Waals surface area (Å²) in [7, 11) is 3.60. The quantitative estimate of drug-likeness (QED) is 0.898. The Morgan fingerprint density at radius 1 is 1.22 bits per heavy atom.